The molecule has 1 rings (SSSR count). The quantitative estimate of drug-likeness (QED) is 0.761. The van der Waals surface area contributed by atoms with Crippen molar-refractivity contribution in [2.75, 3.05) is 0 Å². The Morgan fingerprint density at radius 2 is 2.00 bits per heavy atom. The zero-order valence-electron chi connectivity index (χ0n) is 11.4. The van der Waals surface area contributed by atoms with Crippen LogP contribution < -0.4 is 0 Å². The summed E-state index contributed by atoms with van der Waals surface area (Å²) in [5.74, 6) is 0.318. The lowest BCUT2D eigenvalue weighted by Gasteiger charge is -2.27. The van der Waals surface area contributed by atoms with Crippen LogP contribution in [-0.4, -0.2) is 5.78 Å². The van der Waals surface area contributed by atoms with Crippen LogP contribution in [-0.2, 0) is 10.2 Å². The van der Waals surface area contributed by atoms with Gasteiger partial charge in [-0.15, -0.1) is 0 Å². The number of hydrogen-bond acceptors (Lipinski definition) is 2. The molecule has 0 aromatic heterocycles. The van der Waals surface area contributed by atoms with Crippen LogP contribution in [0.2, 0.25) is 0 Å². The first-order chi connectivity index (χ1) is 8.56. The number of nitriles is 1. The number of carbonyl (C=O) groups is 1. The maximum absolute atomic E-state index is 12.0. The second-order valence-corrected chi connectivity index (χ2v) is 5.04. The van der Waals surface area contributed by atoms with E-state index < -0.39 is 5.41 Å². The van der Waals surface area contributed by atoms with Gasteiger partial charge in [0.05, 0.1) is 6.07 Å². The van der Waals surface area contributed by atoms with E-state index in [1.165, 1.54) is 6.92 Å². The number of hydrogen-bond donors (Lipinski definition) is 0. The second-order valence-electron chi connectivity index (χ2n) is 5.04. The highest BCUT2D eigenvalue weighted by molar-refractivity contribution is 5.91. The van der Waals surface area contributed by atoms with E-state index >= 15 is 0 Å². The highest BCUT2D eigenvalue weighted by atomic mass is 16.1. The van der Waals surface area contributed by atoms with E-state index in [1.807, 2.05) is 30.3 Å². The molecular weight excluding hydrogens is 222 g/mol. The van der Waals surface area contributed by atoms with Gasteiger partial charge in [0.15, 0.2) is 5.78 Å². The normalized spacial score (nSPS) is 15.4. The molecule has 2 atom stereocenters. The van der Waals surface area contributed by atoms with Crippen molar-refractivity contribution in [2.45, 2.75) is 45.4 Å². The molecule has 0 fully saturated rings. The van der Waals surface area contributed by atoms with E-state index in [0.29, 0.717) is 12.3 Å². The zero-order chi connectivity index (χ0) is 13.6. The number of benzene rings is 1. The standard InChI is InChI=1S/C16H21NO/c1-4-8-13(2)11-16(12-17,14(3)18)15-9-6-5-7-10-15/h5-7,9-10,13H,4,8,11H2,1-3H3. The maximum Gasteiger partial charge on any atom is 0.154 e. The molecule has 18 heavy (non-hydrogen) atoms. The van der Waals surface area contributed by atoms with E-state index in [2.05, 4.69) is 19.9 Å². The zero-order valence-corrected chi connectivity index (χ0v) is 11.4. The average Bonchev–Trinajstić information content (AvgIpc) is 2.37. The molecule has 0 radical (unpaired) electrons. The van der Waals surface area contributed by atoms with Crippen molar-refractivity contribution in [1.29, 1.82) is 5.26 Å². The summed E-state index contributed by atoms with van der Waals surface area (Å²) in [7, 11) is 0. The van der Waals surface area contributed by atoms with Crippen LogP contribution in [0.3, 0.4) is 0 Å². The minimum absolute atomic E-state index is 0.0563. The van der Waals surface area contributed by atoms with E-state index in [9.17, 15) is 10.1 Å². The smallest absolute Gasteiger partial charge is 0.154 e. The fourth-order valence-electron chi connectivity index (χ4n) is 2.49. The fraction of sp³-hybridized carbons (Fsp3) is 0.500. The van der Waals surface area contributed by atoms with Gasteiger partial charge in [0.1, 0.15) is 5.41 Å². The van der Waals surface area contributed by atoms with Crippen LogP contribution in [0, 0.1) is 17.2 Å². The first-order valence-corrected chi connectivity index (χ1v) is 6.54. The van der Waals surface area contributed by atoms with E-state index in [4.69, 9.17) is 0 Å². The van der Waals surface area contributed by atoms with Crippen LogP contribution >= 0.6 is 0 Å². The molecule has 0 spiro atoms. The summed E-state index contributed by atoms with van der Waals surface area (Å²) >= 11 is 0. The molecule has 0 amide bonds. The topological polar surface area (TPSA) is 40.9 Å². The monoisotopic (exact) mass is 243 g/mol. The summed E-state index contributed by atoms with van der Waals surface area (Å²) in [6.07, 6.45) is 2.73. The molecule has 0 saturated heterocycles. The van der Waals surface area contributed by atoms with E-state index in [1.54, 1.807) is 0 Å². The van der Waals surface area contributed by atoms with Gasteiger partial charge in [0.25, 0.3) is 0 Å². The molecule has 0 aliphatic heterocycles. The van der Waals surface area contributed by atoms with E-state index in [0.717, 1.165) is 18.4 Å². The fourth-order valence-corrected chi connectivity index (χ4v) is 2.49. The van der Waals surface area contributed by atoms with Crippen molar-refractivity contribution < 1.29 is 4.79 Å². The predicted octanol–water partition coefficient (Wildman–Crippen LogP) is 3.86. The molecule has 1 aromatic rings. The Morgan fingerprint density at radius 3 is 2.44 bits per heavy atom. The predicted molar refractivity (Wildman–Crippen MR) is 73.1 cm³/mol. The summed E-state index contributed by atoms with van der Waals surface area (Å²) in [5, 5.41) is 9.55. The average molecular weight is 243 g/mol. The van der Waals surface area contributed by atoms with Crippen molar-refractivity contribution in [2.24, 2.45) is 5.92 Å². The minimum Gasteiger partial charge on any atom is -0.298 e. The van der Waals surface area contributed by atoms with Crippen molar-refractivity contribution >= 4 is 5.78 Å². The van der Waals surface area contributed by atoms with Gasteiger partial charge in [-0.25, -0.2) is 0 Å². The molecule has 0 heterocycles. The molecule has 2 heteroatoms. The molecule has 2 nitrogen and oxygen atoms in total. The maximum atomic E-state index is 12.0. The molecule has 0 saturated carbocycles. The van der Waals surface area contributed by atoms with Gasteiger partial charge < -0.3 is 0 Å². The minimum atomic E-state index is -0.976. The number of ketones is 1. The Labute approximate surface area is 110 Å². The first kappa shape index (κ1) is 14.4. The molecule has 0 bridgehead atoms. The van der Waals surface area contributed by atoms with Crippen molar-refractivity contribution in [3.63, 3.8) is 0 Å². The molecule has 96 valence electrons. The highest BCUT2D eigenvalue weighted by Gasteiger charge is 2.38. The Morgan fingerprint density at radius 1 is 1.39 bits per heavy atom. The summed E-state index contributed by atoms with van der Waals surface area (Å²) in [6, 6.07) is 11.7. The third kappa shape index (κ3) is 2.98. The van der Waals surface area contributed by atoms with Gasteiger partial charge in [-0.2, -0.15) is 5.26 Å². The van der Waals surface area contributed by atoms with Crippen LogP contribution in [0.5, 0.6) is 0 Å². The Hall–Kier alpha value is -1.62. The Balaban J connectivity index is 3.12. The van der Waals surface area contributed by atoms with Crippen molar-refractivity contribution in [3.05, 3.63) is 35.9 Å². The number of rotatable bonds is 6. The molecule has 2 unspecified atom stereocenters. The summed E-state index contributed by atoms with van der Waals surface area (Å²) in [6.45, 7) is 5.76. The highest BCUT2D eigenvalue weighted by Crippen LogP contribution is 2.33. The van der Waals surface area contributed by atoms with Gasteiger partial charge in [-0.1, -0.05) is 57.0 Å². The second kappa shape index (κ2) is 6.35. The number of carbonyl (C=O) groups excluding carboxylic acids is 1. The van der Waals surface area contributed by atoms with Crippen LogP contribution in [0.1, 0.15) is 45.6 Å². The van der Waals surface area contributed by atoms with E-state index in [-0.39, 0.29) is 5.78 Å². The molecule has 0 aliphatic carbocycles. The van der Waals surface area contributed by atoms with Gasteiger partial charge in [0.2, 0.25) is 0 Å². The Bertz CT molecular complexity index is 432. The molecule has 0 aliphatic rings. The van der Waals surface area contributed by atoms with Crippen LogP contribution in [0.4, 0.5) is 0 Å². The van der Waals surface area contributed by atoms with Gasteiger partial charge in [0, 0.05) is 0 Å². The molecular formula is C16H21NO. The number of nitrogens with zero attached hydrogens (tertiary/aromatic N) is 1. The molecule has 1 aromatic carbocycles. The van der Waals surface area contributed by atoms with Gasteiger partial charge in [-0.3, -0.25) is 4.79 Å². The molecule has 0 N–H and O–H groups in total. The third-order valence-corrected chi connectivity index (χ3v) is 3.49. The van der Waals surface area contributed by atoms with Crippen LogP contribution in [0.15, 0.2) is 30.3 Å². The van der Waals surface area contributed by atoms with Crippen molar-refractivity contribution in [1.82, 2.24) is 0 Å². The first-order valence-electron chi connectivity index (χ1n) is 6.54. The Kier molecular flexibility index (Phi) is 5.09. The van der Waals surface area contributed by atoms with Gasteiger partial charge in [-0.05, 0) is 24.8 Å². The van der Waals surface area contributed by atoms with Crippen molar-refractivity contribution in [3.8, 4) is 6.07 Å². The SMILES string of the molecule is CCCC(C)CC(C#N)(C(C)=O)c1ccccc1. The number of Topliss-reactive ketones (excluding diaryl/α,β-unsaturated/α-hetero) is 1. The summed E-state index contributed by atoms with van der Waals surface area (Å²) < 4.78 is 0. The third-order valence-electron chi connectivity index (χ3n) is 3.49. The lowest BCUT2D eigenvalue weighted by molar-refractivity contribution is -0.121. The van der Waals surface area contributed by atoms with Crippen LogP contribution in [0.25, 0.3) is 0 Å². The van der Waals surface area contributed by atoms with Gasteiger partial charge >= 0.3 is 0 Å². The lowest BCUT2D eigenvalue weighted by Crippen LogP contribution is -2.34. The lowest BCUT2D eigenvalue weighted by atomic mass is 9.72. The summed E-state index contributed by atoms with van der Waals surface area (Å²) in [4.78, 5) is 12.0. The largest absolute Gasteiger partial charge is 0.298 e. The summed E-state index contributed by atoms with van der Waals surface area (Å²) in [5.41, 5.74) is -0.154.